The normalized spacial score (nSPS) is 19.0. The van der Waals surface area contributed by atoms with Crippen molar-refractivity contribution in [1.29, 1.82) is 0 Å². The molecule has 0 spiro atoms. The Bertz CT molecular complexity index is 861. The first-order chi connectivity index (χ1) is 12.2. The van der Waals surface area contributed by atoms with E-state index in [4.69, 9.17) is 23.2 Å². The van der Waals surface area contributed by atoms with E-state index in [0.29, 0.717) is 10.9 Å². The van der Waals surface area contributed by atoms with E-state index in [1.807, 2.05) is 24.4 Å². The molecular formula is C21H23BrCl2N2. The van der Waals surface area contributed by atoms with Gasteiger partial charge in [0, 0.05) is 34.0 Å². The average Bonchev–Trinajstić information content (AvgIpc) is 2.56. The first-order valence-electron chi connectivity index (χ1n) is 8.83. The summed E-state index contributed by atoms with van der Waals surface area (Å²) in [6.07, 6.45) is 2.94. The Hall–Kier alpha value is -1.03. The summed E-state index contributed by atoms with van der Waals surface area (Å²) in [5, 5.41) is 1.37. The van der Waals surface area contributed by atoms with Crippen molar-refractivity contribution in [2.75, 3.05) is 11.4 Å². The van der Waals surface area contributed by atoms with Crippen LogP contribution in [0.3, 0.4) is 0 Å². The third-order valence-corrected chi connectivity index (χ3v) is 6.64. The Morgan fingerprint density at radius 3 is 2.62 bits per heavy atom. The molecule has 1 aliphatic rings. The lowest BCUT2D eigenvalue weighted by atomic mass is 9.79. The third-order valence-electron chi connectivity index (χ3n) is 5.08. The zero-order valence-electron chi connectivity index (χ0n) is 15.5. The van der Waals surface area contributed by atoms with Gasteiger partial charge in [0.05, 0.1) is 15.7 Å². The number of nitrogens with zero attached hydrogens (tertiary/aromatic N) is 2. The minimum absolute atomic E-state index is 0.133. The highest BCUT2D eigenvalue weighted by Crippen LogP contribution is 2.44. The van der Waals surface area contributed by atoms with Crippen LogP contribution < -0.4 is 4.90 Å². The van der Waals surface area contributed by atoms with Gasteiger partial charge in [0.1, 0.15) is 0 Å². The predicted octanol–water partition coefficient (Wildman–Crippen LogP) is 7.62. The summed E-state index contributed by atoms with van der Waals surface area (Å²) in [6, 6.07) is 9.92. The lowest BCUT2D eigenvalue weighted by Gasteiger charge is -2.47. The predicted molar refractivity (Wildman–Crippen MR) is 118 cm³/mol. The molecule has 1 heterocycles. The minimum Gasteiger partial charge on any atom is -0.366 e. The van der Waals surface area contributed by atoms with Crippen LogP contribution in [-0.2, 0) is 0 Å². The molecule has 0 saturated heterocycles. The molecule has 0 saturated carbocycles. The monoisotopic (exact) mass is 452 g/mol. The van der Waals surface area contributed by atoms with E-state index in [0.717, 1.165) is 33.7 Å². The van der Waals surface area contributed by atoms with E-state index in [1.165, 1.54) is 11.3 Å². The Kier molecular flexibility index (Phi) is 5.72. The lowest BCUT2D eigenvalue weighted by Crippen LogP contribution is -2.48. The van der Waals surface area contributed by atoms with Crippen LogP contribution in [-0.4, -0.2) is 18.3 Å². The van der Waals surface area contributed by atoms with E-state index >= 15 is 0 Å². The second kappa shape index (κ2) is 7.53. The summed E-state index contributed by atoms with van der Waals surface area (Å²) in [5.41, 5.74) is 4.45. The Morgan fingerprint density at radius 2 is 1.96 bits per heavy atom. The molecule has 1 unspecified atom stereocenters. The van der Waals surface area contributed by atoms with Gasteiger partial charge in [-0.2, -0.15) is 0 Å². The molecule has 26 heavy (non-hydrogen) atoms. The summed E-state index contributed by atoms with van der Waals surface area (Å²) < 4.78 is 0.862. The van der Waals surface area contributed by atoms with Crippen molar-refractivity contribution < 1.29 is 0 Å². The van der Waals surface area contributed by atoms with Crippen LogP contribution in [0.15, 0.2) is 39.8 Å². The van der Waals surface area contributed by atoms with Gasteiger partial charge in [-0.3, -0.25) is 4.99 Å². The fourth-order valence-electron chi connectivity index (χ4n) is 3.93. The summed E-state index contributed by atoms with van der Waals surface area (Å²) in [4.78, 5) is 7.00. The Labute approximate surface area is 174 Å². The molecule has 0 aromatic heterocycles. The van der Waals surface area contributed by atoms with E-state index in [9.17, 15) is 0 Å². The van der Waals surface area contributed by atoms with Crippen LogP contribution in [0.1, 0.15) is 51.2 Å². The SMILES string of the molecule is CCN1c2cc(Cl)c(C=Nc3ccc(Br)c(Cl)c3)cc2C(C)CC1(C)C. The van der Waals surface area contributed by atoms with Gasteiger partial charge >= 0.3 is 0 Å². The molecule has 0 fully saturated rings. The molecule has 138 valence electrons. The molecule has 2 aromatic rings. The molecule has 2 aromatic carbocycles. The number of halogens is 3. The molecule has 0 amide bonds. The highest BCUT2D eigenvalue weighted by atomic mass is 79.9. The molecule has 0 radical (unpaired) electrons. The summed E-state index contributed by atoms with van der Waals surface area (Å²) in [5.74, 6) is 0.481. The van der Waals surface area contributed by atoms with Crippen molar-refractivity contribution in [3.05, 3.63) is 56.0 Å². The quantitative estimate of drug-likeness (QED) is 0.436. The molecule has 0 bridgehead atoms. The first kappa shape index (κ1) is 19.7. The molecule has 1 aliphatic heterocycles. The zero-order valence-corrected chi connectivity index (χ0v) is 18.6. The van der Waals surface area contributed by atoms with E-state index < -0.39 is 0 Å². The highest BCUT2D eigenvalue weighted by molar-refractivity contribution is 9.10. The molecular weight excluding hydrogens is 431 g/mol. The second-order valence-corrected chi connectivity index (χ2v) is 9.12. The third kappa shape index (κ3) is 3.81. The zero-order chi connectivity index (χ0) is 19.1. The summed E-state index contributed by atoms with van der Waals surface area (Å²) >= 11 is 16.1. The summed E-state index contributed by atoms with van der Waals surface area (Å²) in [7, 11) is 0. The Morgan fingerprint density at radius 1 is 1.23 bits per heavy atom. The number of hydrogen-bond donors (Lipinski definition) is 0. The number of anilines is 1. The fourth-order valence-corrected chi connectivity index (χ4v) is 4.56. The average molecular weight is 454 g/mol. The van der Waals surface area contributed by atoms with Gasteiger partial charge in [0.15, 0.2) is 0 Å². The number of benzene rings is 2. The van der Waals surface area contributed by atoms with Crippen molar-refractivity contribution in [2.45, 2.75) is 45.6 Å². The van der Waals surface area contributed by atoms with Gasteiger partial charge in [-0.05, 0) is 84.9 Å². The Balaban J connectivity index is 1.99. The second-order valence-electron chi connectivity index (χ2n) is 7.45. The maximum absolute atomic E-state index is 6.60. The van der Waals surface area contributed by atoms with Gasteiger partial charge in [-0.25, -0.2) is 0 Å². The van der Waals surface area contributed by atoms with Gasteiger partial charge in [0.25, 0.3) is 0 Å². The number of fused-ring (bicyclic) bond motifs is 1. The van der Waals surface area contributed by atoms with Crippen LogP contribution >= 0.6 is 39.1 Å². The molecule has 1 atom stereocenters. The van der Waals surface area contributed by atoms with Gasteiger partial charge in [-0.15, -0.1) is 0 Å². The topological polar surface area (TPSA) is 15.6 Å². The fraction of sp³-hybridized carbons (Fsp3) is 0.381. The number of aliphatic imine (C=N–C) groups is 1. The smallest absolute Gasteiger partial charge is 0.0645 e. The lowest BCUT2D eigenvalue weighted by molar-refractivity contribution is 0.381. The molecule has 5 heteroatoms. The van der Waals surface area contributed by atoms with Crippen molar-refractivity contribution in [3.63, 3.8) is 0 Å². The van der Waals surface area contributed by atoms with Crippen LogP contribution in [0.2, 0.25) is 10.0 Å². The van der Waals surface area contributed by atoms with Crippen LogP contribution in [0.25, 0.3) is 0 Å². The first-order valence-corrected chi connectivity index (χ1v) is 10.4. The van der Waals surface area contributed by atoms with E-state index in [2.05, 4.69) is 65.6 Å². The number of hydrogen-bond acceptors (Lipinski definition) is 2. The summed E-state index contributed by atoms with van der Waals surface area (Å²) in [6.45, 7) is 10.1. The van der Waals surface area contributed by atoms with Crippen LogP contribution in [0.4, 0.5) is 11.4 Å². The maximum Gasteiger partial charge on any atom is 0.0645 e. The molecule has 2 nitrogen and oxygen atoms in total. The highest BCUT2D eigenvalue weighted by Gasteiger charge is 2.35. The number of rotatable bonds is 3. The van der Waals surface area contributed by atoms with E-state index in [1.54, 1.807) is 0 Å². The van der Waals surface area contributed by atoms with Crippen molar-refractivity contribution >= 4 is 56.7 Å². The van der Waals surface area contributed by atoms with Crippen LogP contribution in [0.5, 0.6) is 0 Å². The van der Waals surface area contributed by atoms with Crippen molar-refractivity contribution in [2.24, 2.45) is 4.99 Å². The van der Waals surface area contributed by atoms with Crippen molar-refractivity contribution in [3.8, 4) is 0 Å². The molecule has 0 N–H and O–H groups in total. The minimum atomic E-state index is 0.133. The molecule has 3 rings (SSSR count). The van der Waals surface area contributed by atoms with Crippen molar-refractivity contribution in [1.82, 2.24) is 0 Å². The largest absolute Gasteiger partial charge is 0.366 e. The van der Waals surface area contributed by atoms with Gasteiger partial charge in [0.2, 0.25) is 0 Å². The maximum atomic E-state index is 6.60. The van der Waals surface area contributed by atoms with Gasteiger partial charge < -0.3 is 4.90 Å². The van der Waals surface area contributed by atoms with E-state index in [-0.39, 0.29) is 5.54 Å². The molecule has 0 aliphatic carbocycles. The van der Waals surface area contributed by atoms with Gasteiger partial charge in [-0.1, -0.05) is 30.1 Å². The van der Waals surface area contributed by atoms with Crippen LogP contribution in [0, 0.1) is 0 Å². The standard InChI is InChI=1S/C21H23BrCl2N2/c1-5-26-20-10-18(23)14(8-16(20)13(2)11-21(26,3)4)12-25-15-6-7-17(22)19(24)9-15/h6-10,12-13H,5,11H2,1-4H3.